The fourth-order valence-electron chi connectivity index (χ4n) is 1.63. The van der Waals surface area contributed by atoms with Gasteiger partial charge in [-0.2, -0.15) is 0 Å². The lowest BCUT2D eigenvalue weighted by molar-refractivity contribution is -0.136. The molecule has 0 amide bonds. The lowest BCUT2D eigenvalue weighted by Crippen LogP contribution is -2.01. The number of carbonyl (C=O) groups is 1. The maximum absolute atomic E-state index is 10.5. The van der Waals surface area contributed by atoms with Gasteiger partial charge >= 0.3 is 5.97 Å². The summed E-state index contributed by atoms with van der Waals surface area (Å²) in [5, 5.41) is 11.8. The summed E-state index contributed by atoms with van der Waals surface area (Å²) in [5.74, 6) is -0.772. The average molecular weight is 214 g/mol. The molecule has 0 aliphatic carbocycles. The second-order valence-electron chi connectivity index (χ2n) is 3.28. The Bertz CT molecular complexity index is 352. The van der Waals surface area contributed by atoms with Crippen molar-refractivity contribution in [3.05, 3.63) is 34.9 Å². The van der Waals surface area contributed by atoms with Gasteiger partial charge in [0.1, 0.15) is 0 Å². The Morgan fingerprint density at radius 1 is 1.36 bits per heavy atom. The van der Waals surface area contributed by atoms with Crippen LogP contribution in [0, 0.1) is 0 Å². The lowest BCUT2D eigenvalue weighted by atomic mass is 10.0. The van der Waals surface area contributed by atoms with Crippen LogP contribution in [-0.2, 0) is 24.3 Å². The van der Waals surface area contributed by atoms with Crippen LogP contribution in [0.1, 0.15) is 16.7 Å². The van der Waals surface area contributed by atoms with Crippen molar-refractivity contribution in [2.24, 2.45) is 0 Å². The molecule has 0 unspecified atom stereocenters. The first kappa shape index (κ1) is 11.0. The monoisotopic (exact) mass is 213 g/mol. The van der Waals surface area contributed by atoms with E-state index in [1.165, 1.54) is 11.1 Å². The van der Waals surface area contributed by atoms with Crippen LogP contribution >= 0.6 is 12.4 Å². The minimum atomic E-state index is -0.772. The average Bonchev–Trinajstić information content (AvgIpc) is 2.49. The highest BCUT2D eigenvalue weighted by Crippen LogP contribution is 2.17. The molecule has 4 heteroatoms. The van der Waals surface area contributed by atoms with Crippen LogP contribution in [0.3, 0.4) is 0 Å². The Hall–Kier alpha value is -1.06. The Morgan fingerprint density at radius 2 is 2.07 bits per heavy atom. The summed E-state index contributed by atoms with van der Waals surface area (Å²) in [6.07, 6.45) is 0.118. The summed E-state index contributed by atoms with van der Waals surface area (Å²) in [7, 11) is 0. The van der Waals surface area contributed by atoms with Gasteiger partial charge in [-0.15, -0.1) is 12.4 Å². The second-order valence-corrected chi connectivity index (χ2v) is 3.28. The molecule has 1 heterocycles. The minimum absolute atomic E-state index is 0. The molecule has 1 aromatic carbocycles. The van der Waals surface area contributed by atoms with E-state index in [0.717, 1.165) is 18.7 Å². The van der Waals surface area contributed by atoms with E-state index >= 15 is 0 Å². The van der Waals surface area contributed by atoms with Gasteiger partial charge in [0.05, 0.1) is 6.42 Å². The molecular formula is C10H12ClNO2. The van der Waals surface area contributed by atoms with Gasteiger partial charge < -0.3 is 10.4 Å². The number of nitrogens with one attached hydrogen (secondary N) is 1. The molecule has 3 nitrogen and oxygen atoms in total. The number of hydrogen-bond donors (Lipinski definition) is 2. The van der Waals surface area contributed by atoms with Crippen LogP contribution in [0.25, 0.3) is 0 Å². The summed E-state index contributed by atoms with van der Waals surface area (Å²) in [5.41, 5.74) is 3.41. The van der Waals surface area contributed by atoms with Crippen molar-refractivity contribution >= 4 is 18.4 Å². The van der Waals surface area contributed by atoms with Crippen LogP contribution in [0.4, 0.5) is 0 Å². The largest absolute Gasteiger partial charge is 0.481 e. The van der Waals surface area contributed by atoms with Gasteiger partial charge in [0, 0.05) is 13.1 Å². The number of aliphatic carboxylic acids is 1. The lowest BCUT2D eigenvalue weighted by Gasteiger charge is -2.00. The molecule has 1 aliphatic heterocycles. The maximum atomic E-state index is 10.5. The fourth-order valence-corrected chi connectivity index (χ4v) is 1.63. The van der Waals surface area contributed by atoms with E-state index in [9.17, 15) is 4.79 Å². The predicted octanol–water partition coefficient (Wildman–Crippen LogP) is 1.34. The topological polar surface area (TPSA) is 49.3 Å². The Kier molecular flexibility index (Phi) is 3.49. The van der Waals surface area contributed by atoms with Crippen molar-refractivity contribution in [1.82, 2.24) is 5.32 Å². The van der Waals surface area contributed by atoms with Gasteiger partial charge in [0.25, 0.3) is 0 Å². The van der Waals surface area contributed by atoms with Gasteiger partial charge in [-0.25, -0.2) is 0 Å². The van der Waals surface area contributed by atoms with Crippen molar-refractivity contribution in [2.75, 3.05) is 0 Å². The van der Waals surface area contributed by atoms with Crippen molar-refractivity contribution < 1.29 is 9.90 Å². The van der Waals surface area contributed by atoms with Crippen molar-refractivity contribution in [2.45, 2.75) is 19.5 Å². The molecule has 0 saturated heterocycles. The highest BCUT2D eigenvalue weighted by atomic mass is 35.5. The number of carboxylic acid groups (broad SMARTS) is 1. The van der Waals surface area contributed by atoms with E-state index in [1.54, 1.807) is 0 Å². The van der Waals surface area contributed by atoms with Crippen molar-refractivity contribution in [3.8, 4) is 0 Å². The molecule has 76 valence electrons. The van der Waals surface area contributed by atoms with Crippen LogP contribution in [-0.4, -0.2) is 11.1 Å². The quantitative estimate of drug-likeness (QED) is 0.780. The molecule has 1 aliphatic rings. The summed E-state index contributed by atoms with van der Waals surface area (Å²) in [4.78, 5) is 10.5. The third-order valence-corrected chi connectivity index (χ3v) is 2.26. The summed E-state index contributed by atoms with van der Waals surface area (Å²) < 4.78 is 0. The molecule has 0 bridgehead atoms. The molecule has 0 fully saturated rings. The van der Waals surface area contributed by atoms with E-state index in [0.29, 0.717) is 0 Å². The van der Waals surface area contributed by atoms with Gasteiger partial charge in [-0.05, 0) is 16.7 Å². The summed E-state index contributed by atoms with van der Waals surface area (Å²) in [6, 6.07) is 5.87. The van der Waals surface area contributed by atoms with E-state index in [1.807, 2.05) is 18.2 Å². The number of carboxylic acids is 1. The molecule has 2 N–H and O–H groups in total. The molecule has 1 aromatic rings. The van der Waals surface area contributed by atoms with Crippen LogP contribution < -0.4 is 5.32 Å². The minimum Gasteiger partial charge on any atom is -0.481 e. The Balaban J connectivity index is 0.000000980. The van der Waals surface area contributed by atoms with Gasteiger partial charge in [0.2, 0.25) is 0 Å². The molecule has 14 heavy (non-hydrogen) atoms. The van der Waals surface area contributed by atoms with Crippen molar-refractivity contribution in [3.63, 3.8) is 0 Å². The van der Waals surface area contributed by atoms with E-state index in [4.69, 9.17) is 5.11 Å². The van der Waals surface area contributed by atoms with E-state index in [2.05, 4.69) is 5.32 Å². The van der Waals surface area contributed by atoms with Crippen LogP contribution in [0.2, 0.25) is 0 Å². The van der Waals surface area contributed by atoms with Gasteiger partial charge in [-0.1, -0.05) is 18.2 Å². The normalized spacial score (nSPS) is 13.1. The number of benzene rings is 1. The third kappa shape index (κ3) is 2.25. The predicted molar refractivity (Wildman–Crippen MR) is 55.6 cm³/mol. The summed E-state index contributed by atoms with van der Waals surface area (Å²) in [6.45, 7) is 1.77. The van der Waals surface area contributed by atoms with Crippen LogP contribution in [0.5, 0.6) is 0 Å². The Morgan fingerprint density at radius 3 is 2.79 bits per heavy atom. The highest BCUT2D eigenvalue weighted by molar-refractivity contribution is 5.85. The maximum Gasteiger partial charge on any atom is 0.307 e. The third-order valence-electron chi connectivity index (χ3n) is 2.26. The molecular weight excluding hydrogens is 202 g/mol. The molecule has 0 aromatic heterocycles. The fraction of sp³-hybridized carbons (Fsp3) is 0.300. The molecule has 2 rings (SSSR count). The van der Waals surface area contributed by atoms with Crippen LogP contribution in [0.15, 0.2) is 18.2 Å². The first-order chi connectivity index (χ1) is 6.25. The molecule has 0 atom stereocenters. The Labute approximate surface area is 88.5 Å². The smallest absolute Gasteiger partial charge is 0.307 e. The first-order valence-corrected chi connectivity index (χ1v) is 4.29. The number of rotatable bonds is 2. The number of hydrogen-bond acceptors (Lipinski definition) is 2. The highest BCUT2D eigenvalue weighted by Gasteiger charge is 2.10. The number of halogens is 1. The first-order valence-electron chi connectivity index (χ1n) is 4.29. The molecule has 0 saturated carbocycles. The summed E-state index contributed by atoms with van der Waals surface area (Å²) >= 11 is 0. The zero-order valence-corrected chi connectivity index (χ0v) is 8.43. The SMILES string of the molecule is Cl.O=C(O)Cc1ccc2c(c1)CNC2. The van der Waals surface area contributed by atoms with Gasteiger partial charge in [0.15, 0.2) is 0 Å². The standard InChI is InChI=1S/C10H11NO2.ClH/c12-10(13)4-7-1-2-8-5-11-6-9(8)3-7;/h1-3,11H,4-6H2,(H,12,13);1H. The van der Waals surface area contributed by atoms with Crippen molar-refractivity contribution in [1.29, 1.82) is 0 Å². The molecule has 0 spiro atoms. The molecule has 0 radical (unpaired) electrons. The number of fused-ring (bicyclic) bond motifs is 1. The van der Waals surface area contributed by atoms with E-state index < -0.39 is 5.97 Å². The second kappa shape index (κ2) is 4.44. The zero-order chi connectivity index (χ0) is 9.26. The van der Waals surface area contributed by atoms with E-state index in [-0.39, 0.29) is 18.8 Å². The van der Waals surface area contributed by atoms with Gasteiger partial charge in [-0.3, -0.25) is 4.79 Å². The zero-order valence-electron chi connectivity index (χ0n) is 7.62.